The van der Waals surface area contributed by atoms with Crippen molar-refractivity contribution in [2.75, 3.05) is 30.6 Å². The number of carboxylic acids is 1. The largest absolute Gasteiger partial charge is 0.480 e. The smallest absolute Gasteiger partial charge is 0.326 e. The molecular formula is C11H22N2O3S2. The fourth-order valence-electron chi connectivity index (χ4n) is 1.31. The Morgan fingerprint density at radius 3 is 2.44 bits per heavy atom. The van der Waals surface area contributed by atoms with Gasteiger partial charge in [-0.1, -0.05) is 6.92 Å². The van der Waals surface area contributed by atoms with E-state index in [4.69, 9.17) is 5.11 Å². The number of carbonyl (C=O) groups is 2. The average molecular weight is 294 g/mol. The van der Waals surface area contributed by atoms with Gasteiger partial charge in [0.1, 0.15) is 6.04 Å². The zero-order chi connectivity index (χ0) is 14.0. The Kier molecular flexibility index (Phi) is 10.0. The summed E-state index contributed by atoms with van der Waals surface area (Å²) in [4.78, 5) is 22.5. The van der Waals surface area contributed by atoms with Crippen LogP contribution < -0.4 is 10.6 Å². The molecule has 2 atom stereocenters. The molecule has 0 aliphatic rings. The minimum Gasteiger partial charge on any atom is -0.480 e. The van der Waals surface area contributed by atoms with E-state index in [-0.39, 0.29) is 0 Å². The summed E-state index contributed by atoms with van der Waals surface area (Å²) < 4.78 is 0. The van der Waals surface area contributed by atoms with Crippen LogP contribution in [0.1, 0.15) is 13.3 Å². The van der Waals surface area contributed by atoms with Crippen molar-refractivity contribution in [3.05, 3.63) is 0 Å². The second-order valence-electron chi connectivity index (χ2n) is 4.09. The van der Waals surface area contributed by atoms with Crippen molar-refractivity contribution in [1.82, 2.24) is 10.6 Å². The van der Waals surface area contributed by atoms with E-state index in [2.05, 4.69) is 10.6 Å². The number of rotatable bonds is 9. The normalized spacial score (nSPS) is 13.7. The molecule has 18 heavy (non-hydrogen) atoms. The third-order valence-electron chi connectivity index (χ3n) is 2.28. The van der Waals surface area contributed by atoms with Crippen LogP contribution in [0.15, 0.2) is 0 Å². The van der Waals surface area contributed by atoms with Crippen LogP contribution in [0.25, 0.3) is 0 Å². The maximum absolute atomic E-state index is 11.5. The van der Waals surface area contributed by atoms with Gasteiger partial charge in [0.2, 0.25) is 0 Å². The van der Waals surface area contributed by atoms with Crippen molar-refractivity contribution < 1.29 is 14.7 Å². The monoisotopic (exact) mass is 294 g/mol. The first-order chi connectivity index (χ1) is 8.51. The Hall–Kier alpha value is -0.560. The molecular weight excluding hydrogens is 272 g/mol. The molecule has 0 spiro atoms. The third kappa shape index (κ3) is 8.52. The molecule has 0 radical (unpaired) electrons. The SMILES string of the molecule is CSCC[C@H](NC(=O)NCC(C)CSC)C(=O)O. The van der Waals surface area contributed by atoms with Gasteiger partial charge in [-0.15, -0.1) is 0 Å². The first kappa shape index (κ1) is 17.4. The van der Waals surface area contributed by atoms with E-state index in [0.717, 1.165) is 5.75 Å². The lowest BCUT2D eigenvalue weighted by atomic mass is 10.2. The maximum atomic E-state index is 11.5. The number of amides is 2. The summed E-state index contributed by atoms with van der Waals surface area (Å²) in [6, 6.07) is -1.22. The van der Waals surface area contributed by atoms with Crippen LogP contribution in [0, 0.1) is 5.92 Å². The highest BCUT2D eigenvalue weighted by atomic mass is 32.2. The number of thioether (sulfide) groups is 2. The van der Waals surface area contributed by atoms with E-state index in [9.17, 15) is 9.59 Å². The Morgan fingerprint density at radius 1 is 1.28 bits per heavy atom. The van der Waals surface area contributed by atoms with Gasteiger partial charge in [-0.3, -0.25) is 0 Å². The molecule has 0 heterocycles. The highest BCUT2D eigenvalue weighted by molar-refractivity contribution is 7.98. The van der Waals surface area contributed by atoms with E-state index in [1.807, 2.05) is 19.4 Å². The highest BCUT2D eigenvalue weighted by Crippen LogP contribution is 2.03. The second-order valence-corrected chi connectivity index (χ2v) is 5.98. The van der Waals surface area contributed by atoms with E-state index in [1.54, 1.807) is 23.5 Å². The summed E-state index contributed by atoms with van der Waals surface area (Å²) in [5.74, 6) is 1.06. The number of carbonyl (C=O) groups excluding carboxylic acids is 1. The van der Waals surface area contributed by atoms with Crippen molar-refractivity contribution in [2.24, 2.45) is 5.92 Å². The van der Waals surface area contributed by atoms with Crippen molar-refractivity contribution >= 4 is 35.5 Å². The Morgan fingerprint density at radius 2 is 1.94 bits per heavy atom. The standard InChI is InChI=1S/C11H22N2O3S2/c1-8(7-18-3)6-12-11(16)13-9(10(14)15)4-5-17-2/h8-9H,4-7H2,1-3H3,(H,14,15)(H2,12,13,16)/t8?,9-/m0/s1. The number of urea groups is 1. The molecule has 0 aliphatic carbocycles. The van der Waals surface area contributed by atoms with E-state index >= 15 is 0 Å². The molecule has 0 bridgehead atoms. The average Bonchev–Trinajstić information content (AvgIpc) is 2.32. The molecule has 0 aromatic rings. The predicted octanol–water partition coefficient (Wildman–Crippen LogP) is 1.49. The highest BCUT2D eigenvalue weighted by Gasteiger charge is 2.19. The fraction of sp³-hybridized carbons (Fsp3) is 0.818. The summed E-state index contributed by atoms with van der Waals surface area (Å²) in [6.07, 6.45) is 4.35. The van der Waals surface area contributed by atoms with Gasteiger partial charge in [-0.05, 0) is 36.4 Å². The molecule has 7 heteroatoms. The molecule has 0 aromatic carbocycles. The Balaban J connectivity index is 3.98. The van der Waals surface area contributed by atoms with Gasteiger partial charge in [0.05, 0.1) is 0 Å². The second kappa shape index (κ2) is 10.4. The number of carboxylic acid groups (broad SMARTS) is 1. The summed E-state index contributed by atoms with van der Waals surface area (Å²) in [5.41, 5.74) is 0. The van der Waals surface area contributed by atoms with Crippen LogP contribution >= 0.6 is 23.5 Å². The lowest BCUT2D eigenvalue weighted by Gasteiger charge is -2.16. The zero-order valence-electron chi connectivity index (χ0n) is 11.1. The number of hydrogen-bond acceptors (Lipinski definition) is 4. The Labute approximate surface area is 117 Å². The molecule has 3 N–H and O–H groups in total. The van der Waals surface area contributed by atoms with Gasteiger partial charge in [0.15, 0.2) is 0 Å². The van der Waals surface area contributed by atoms with Crippen molar-refractivity contribution in [1.29, 1.82) is 0 Å². The van der Waals surface area contributed by atoms with E-state index in [1.165, 1.54) is 0 Å². The summed E-state index contributed by atoms with van der Waals surface area (Å²) >= 11 is 3.28. The van der Waals surface area contributed by atoms with Crippen LogP contribution in [0.3, 0.4) is 0 Å². The summed E-state index contributed by atoms with van der Waals surface area (Å²) in [7, 11) is 0. The van der Waals surface area contributed by atoms with Crippen LogP contribution in [-0.4, -0.2) is 53.7 Å². The maximum Gasteiger partial charge on any atom is 0.326 e. The molecule has 5 nitrogen and oxygen atoms in total. The molecule has 0 saturated heterocycles. The van der Waals surface area contributed by atoms with Crippen LogP contribution in [0.4, 0.5) is 4.79 Å². The molecule has 0 aromatic heterocycles. The van der Waals surface area contributed by atoms with Crippen LogP contribution in [0.2, 0.25) is 0 Å². The molecule has 0 rings (SSSR count). The number of hydrogen-bond donors (Lipinski definition) is 3. The topological polar surface area (TPSA) is 78.4 Å². The predicted molar refractivity (Wildman–Crippen MR) is 78.5 cm³/mol. The van der Waals surface area contributed by atoms with Crippen LogP contribution in [-0.2, 0) is 4.79 Å². The molecule has 0 saturated carbocycles. The van der Waals surface area contributed by atoms with Crippen molar-refractivity contribution in [2.45, 2.75) is 19.4 Å². The van der Waals surface area contributed by atoms with E-state index < -0.39 is 18.0 Å². The Bertz CT molecular complexity index is 265. The van der Waals surface area contributed by atoms with Gasteiger partial charge in [-0.25, -0.2) is 9.59 Å². The van der Waals surface area contributed by atoms with E-state index in [0.29, 0.717) is 24.6 Å². The summed E-state index contributed by atoms with van der Waals surface area (Å²) in [6.45, 7) is 2.60. The van der Waals surface area contributed by atoms with Gasteiger partial charge in [0.25, 0.3) is 0 Å². The zero-order valence-corrected chi connectivity index (χ0v) is 12.7. The molecule has 0 fully saturated rings. The molecule has 1 unspecified atom stereocenters. The van der Waals surface area contributed by atoms with Gasteiger partial charge in [-0.2, -0.15) is 23.5 Å². The van der Waals surface area contributed by atoms with Crippen molar-refractivity contribution in [3.8, 4) is 0 Å². The third-order valence-corrected chi connectivity index (χ3v) is 3.82. The van der Waals surface area contributed by atoms with Gasteiger partial charge >= 0.3 is 12.0 Å². The van der Waals surface area contributed by atoms with Crippen molar-refractivity contribution in [3.63, 3.8) is 0 Å². The lowest BCUT2D eigenvalue weighted by Crippen LogP contribution is -2.47. The lowest BCUT2D eigenvalue weighted by molar-refractivity contribution is -0.139. The minimum atomic E-state index is -0.989. The molecule has 106 valence electrons. The fourth-order valence-corrected chi connectivity index (χ4v) is 2.47. The quantitative estimate of drug-likeness (QED) is 0.600. The first-order valence-corrected chi connectivity index (χ1v) is 8.55. The molecule has 2 amide bonds. The van der Waals surface area contributed by atoms with Crippen LogP contribution in [0.5, 0.6) is 0 Å². The minimum absolute atomic E-state index is 0.375. The first-order valence-electron chi connectivity index (χ1n) is 5.76. The van der Waals surface area contributed by atoms with Gasteiger partial charge < -0.3 is 15.7 Å². The number of aliphatic carboxylic acids is 1. The summed E-state index contributed by atoms with van der Waals surface area (Å²) in [5, 5.41) is 14.1. The number of nitrogens with one attached hydrogen (secondary N) is 2. The molecule has 0 aliphatic heterocycles. The van der Waals surface area contributed by atoms with Gasteiger partial charge in [0, 0.05) is 6.54 Å².